The van der Waals surface area contributed by atoms with Crippen molar-refractivity contribution in [3.63, 3.8) is 0 Å². The van der Waals surface area contributed by atoms with Crippen LogP contribution in [0.15, 0.2) is 42.5 Å². The van der Waals surface area contributed by atoms with Gasteiger partial charge in [-0.1, -0.05) is 17.7 Å². The van der Waals surface area contributed by atoms with Gasteiger partial charge in [0.2, 0.25) is 12.7 Å². The molecule has 27 heavy (non-hydrogen) atoms. The van der Waals surface area contributed by atoms with Crippen LogP contribution in [0.5, 0.6) is 17.2 Å². The molecule has 2 amide bonds. The quantitative estimate of drug-likeness (QED) is 0.807. The molecule has 0 spiro atoms. The molecule has 1 aliphatic heterocycles. The van der Waals surface area contributed by atoms with Crippen molar-refractivity contribution in [1.29, 1.82) is 0 Å². The summed E-state index contributed by atoms with van der Waals surface area (Å²) in [6.07, 6.45) is 0. The van der Waals surface area contributed by atoms with Gasteiger partial charge in [-0.3, -0.25) is 9.59 Å². The summed E-state index contributed by atoms with van der Waals surface area (Å²) in [7, 11) is 1.67. The smallest absolute Gasteiger partial charge is 0.251 e. The van der Waals surface area contributed by atoms with Gasteiger partial charge in [0.1, 0.15) is 12.4 Å². The maximum atomic E-state index is 12.2. The number of carbonyl (C=O) groups excluding carboxylic acids is 2. The average molecular weight is 370 g/mol. The first-order valence-corrected chi connectivity index (χ1v) is 8.64. The van der Waals surface area contributed by atoms with Gasteiger partial charge in [-0.2, -0.15) is 0 Å². The number of carbonyl (C=O) groups is 2. The summed E-state index contributed by atoms with van der Waals surface area (Å²) in [5, 5.41) is 2.62. The molecule has 0 bridgehead atoms. The standard InChI is InChI=1S/C20H22N2O5/c1-14-3-6-16(7-4-14)25-10-9-22(2)19(23)12-21-20(24)15-5-8-17-18(11-15)27-13-26-17/h3-8,11H,9-10,12-13H2,1-2H3,(H,21,24). The van der Waals surface area contributed by atoms with Gasteiger partial charge < -0.3 is 24.4 Å². The Kier molecular flexibility index (Phi) is 5.80. The Morgan fingerprint density at radius 1 is 1.11 bits per heavy atom. The van der Waals surface area contributed by atoms with Crippen molar-refractivity contribution in [1.82, 2.24) is 10.2 Å². The number of aryl methyl sites for hydroxylation is 1. The van der Waals surface area contributed by atoms with E-state index < -0.39 is 0 Å². The molecule has 0 unspecified atom stereocenters. The number of fused-ring (bicyclic) bond motifs is 1. The lowest BCUT2D eigenvalue weighted by molar-refractivity contribution is -0.129. The van der Waals surface area contributed by atoms with E-state index in [0.29, 0.717) is 30.2 Å². The molecule has 7 nitrogen and oxygen atoms in total. The summed E-state index contributed by atoms with van der Waals surface area (Å²) < 4.78 is 16.1. The number of nitrogens with one attached hydrogen (secondary N) is 1. The van der Waals surface area contributed by atoms with E-state index in [0.717, 1.165) is 11.3 Å². The van der Waals surface area contributed by atoms with Crippen molar-refractivity contribution in [2.75, 3.05) is 33.5 Å². The highest BCUT2D eigenvalue weighted by Crippen LogP contribution is 2.32. The van der Waals surface area contributed by atoms with E-state index in [1.54, 1.807) is 25.2 Å². The van der Waals surface area contributed by atoms with E-state index >= 15 is 0 Å². The first kappa shape index (κ1) is 18.6. The van der Waals surface area contributed by atoms with Crippen molar-refractivity contribution in [2.45, 2.75) is 6.92 Å². The number of hydrogen-bond donors (Lipinski definition) is 1. The third kappa shape index (κ3) is 4.91. The van der Waals surface area contributed by atoms with Gasteiger partial charge in [-0.25, -0.2) is 0 Å². The molecule has 2 aromatic rings. The number of hydrogen-bond acceptors (Lipinski definition) is 5. The number of benzene rings is 2. The Morgan fingerprint density at radius 3 is 2.63 bits per heavy atom. The molecule has 0 radical (unpaired) electrons. The molecule has 0 aliphatic carbocycles. The minimum atomic E-state index is -0.342. The fourth-order valence-corrected chi connectivity index (χ4v) is 2.49. The first-order valence-electron chi connectivity index (χ1n) is 8.64. The topological polar surface area (TPSA) is 77.1 Å². The average Bonchev–Trinajstić information content (AvgIpc) is 3.15. The number of nitrogens with zero attached hydrogens (tertiary/aromatic N) is 1. The van der Waals surface area contributed by atoms with Gasteiger partial charge >= 0.3 is 0 Å². The highest BCUT2D eigenvalue weighted by atomic mass is 16.7. The summed E-state index contributed by atoms with van der Waals surface area (Å²) in [4.78, 5) is 25.9. The lowest BCUT2D eigenvalue weighted by Crippen LogP contribution is -2.39. The van der Waals surface area contributed by atoms with Crippen molar-refractivity contribution >= 4 is 11.8 Å². The predicted octanol–water partition coefficient (Wildman–Crippen LogP) is 1.99. The molecule has 142 valence electrons. The fraction of sp³-hybridized carbons (Fsp3) is 0.300. The van der Waals surface area contributed by atoms with E-state index in [1.807, 2.05) is 31.2 Å². The normalized spacial score (nSPS) is 11.8. The highest BCUT2D eigenvalue weighted by molar-refractivity contribution is 5.97. The van der Waals surface area contributed by atoms with Gasteiger partial charge in [0.25, 0.3) is 5.91 Å². The van der Waals surface area contributed by atoms with Crippen LogP contribution >= 0.6 is 0 Å². The molecular formula is C20H22N2O5. The molecule has 0 fully saturated rings. The Balaban J connectivity index is 1.41. The number of amides is 2. The van der Waals surface area contributed by atoms with Gasteiger partial charge in [0.15, 0.2) is 11.5 Å². The molecule has 3 rings (SSSR count). The minimum absolute atomic E-state index is 0.0890. The van der Waals surface area contributed by atoms with Crippen molar-refractivity contribution < 1.29 is 23.8 Å². The lowest BCUT2D eigenvalue weighted by atomic mass is 10.2. The van der Waals surface area contributed by atoms with Crippen LogP contribution in [0, 0.1) is 6.92 Å². The maximum absolute atomic E-state index is 12.2. The van der Waals surface area contributed by atoms with E-state index in [-0.39, 0.29) is 25.2 Å². The SMILES string of the molecule is Cc1ccc(OCCN(C)C(=O)CNC(=O)c2ccc3c(c2)OCO3)cc1. The summed E-state index contributed by atoms with van der Waals surface area (Å²) in [5.74, 6) is 1.36. The van der Waals surface area contributed by atoms with Crippen LogP contribution in [0.1, 0.15) is 15.9 Å². The molecule has 1 heterocycles. The van der Waals surface area contributed by atoms with Crippen LogP contribution in [0.25, 0.3) is 0 Å². The summed E-state index contributed by atoms with van der Waals surface area (Å²) in [6.45, 7) is 2.87. The second kappa shape index (κ2) is 8.44. The van der Waals surface area contributed by atoms with Crippen molar-refractivity contribution in [3.8, 4) is 17.2 Å². The van der Waals surface area contributed by atoms with Gasteiger partial charge in [0, 0.05) is 12.6 Å². The summed E-state index contributed by atoms with van der Waals surface area (Å²) in [6, 6.07) is 12.6. The van der Waals surface area contributed by atoms with Crippen LogP contribution in [0.3, 0.4) is 0 Å². The van der Waals surface area contributed by atoms with Crippen molar-refractivity contribution in [3.05, 3.63) is 53.6 Å². The third-order valence-electron chi connectivity index (χ3n) is 4.18. The van der Waals surface area contributed by atoms with Crippen LogP contribution in [0.2, 0.25) is 0 Å². The molecule has 7 heteroatoms. The second-order valence-electron chi connectivity index (χ2n) is 6.23. The molecule has 2 aromatic carbocycles. The van der Waals surface area contributed by atoms with E-state index in [1.165, 1.54) is 4.90 Å². The highest BCUT2D eigenvalue weighted by Gasteiger charge is 2.17. The van der Waals surface area contributed by atoms with E-state index in [9.17, 15) is 9.59 Å². The molecular weight excluding hydrogens is 348 g/mol. The minimum Gasteiger partial charge on any atom is -0.492 e. The van der Waals surface area contributed by atoms with Gasteiger partial charge in [-0.05, 0) is 37.3 Å². The fourth-order valence-electron chi connectivity index (χ4n) is 2.49. The Hall–Kier alpha value is -3.22. The molecule has 0 saturated carbocycles. The molecule has 1 aliphatic rings. The number of likely N-dealkylation sites (N-methyl/N-ethyl adjacent to an activating group) is 1. The maximum Gasteiger partial charge on any atom is 0.251 e. The summed E-state index contributed by atoms with van der Waals surface area (Å²) in [5.41, 5.74) is 1.57. The monoisotopic (exact) mass is 370 g/mol. The molecule has 0 saturated heterocycles. The third-order valence-corrected chi connectivity index (χ3v) is 4.18. The zero-order valence-corrected chi connectivity index (χ0v) is 15.4. The number of rotatable bonds is 7. The van der Waals surface area contributed by atoms with Gasteiger partial charge in [0.05, 0.1) is 13.1 Å². The van der Waals surface area contributed by atoms with Gasteiger partial charge in [-0.15, -0.1) is 0 Å². The Bertz CT molecular complexity index is 820. The first-order chi connectivity index (χ1) is 13.0. The zero-order chi connectivity index (χ0) is 19.2. The van der Waals surface area contributed by atoms with E-state index in [4.69, 9.17) is 14.2 Å². The van der Waals surface area contributed by atoms with Crippen LogP contribution in [0.4, 0.5) is 0 Å². The lowest BCUT2D eigenvalue weighted by Gasteiger charge is -2.18. The Labute approximate surface area is 157 Å². The second-order valence-corrected chi connectivity index (χ2v) is 6.23. The summed E-state index contributed by atoms with van der Waals surface area (Å²) >= 11 is 0. The van der Waals surface area contributed by atoms with Crippen LogP contribution in [-0.4, -0.2) is 50.3 Å². The Morgan fingerprint density at radius 2 is 1.85 bits per heavy atom. The van der Waals surface area contributed by atoms with Crippen LogP contribution < -0.4 is 19.5 Å². The predicted molar refractivity (Wildman–Crippen MR) is 99.2 cm³/mol. The molecule has 1 N–H and O–H groups in total. The molecule has 0 aromatic heterocycles. The largest absolute Gasteiger partial charge is 0.492 e. The van der Waals surface area contributed by atoms with Crippen LogP contribution in [-0.2, 0) is 4.79 Å². The molecule has 0 atom stereocenters. The zero-order valence-electron chi connectivity index (χ0n) is 15.4. The number of ether oxygens (including phenoxy) is 3. The van der Waals surface area contributed by atoms with E-state index in [2.05, 4.69) is 5.32 Å². The van der Waals surface area contributed by atoms with Crippen molar-refractivity contribution in [2.24, 2.45) is 0 Å².